The molecule has 0 saturated heterocycles. The van der Waals surface area contributed by atoms with Crippen LogP contribution in [0, 0.1) is 0 Å². The van der Waals surface area contributed by atoms with Crippen LogP contribution in [-0.2, 0) is 6.54 Å². The number of hydrogen-bond donors (Lipinski definition) is 3. The Morgan fingerprint density at radius 1 is 1.41 bits per heavy atom. The van der Waals surface area contributed by atoms with Gasteiger partial charge in [0.25, 0.3) is 0 Å². The molecule has 0 aliphatic heterocycles. The Balaban J connectivity index is 1.77. The fourth-order valence-electron chi connectivity index (χ4n) is 1.93. The summed E-state index contributed by atoms with van der Waals surface area (Å²) in [5.74, 6) is 0.552. The summed E-state index contributed by atoms with van der Waals surface area (Å²) in [5, 5.41) is 4.40. The highest BCUT2D eigenvalue weighted by atomic mass is 15.1. The highest BCUT2D eigenvalue weighted by Crippen LogP contribution is 2.19. The number of nitrogens with zero attached hydrogens (tertiary/aromatic N) is 1. The van der Waals surface area contributed by atoms with Gasteiger partial charge in [-0.05, 0) is 29.9 Å². The molecule has 0 atom stereocenters. The molecule has 1 saturated carbocycles. The van der Waals surface area contributed by atoms with Crippen LogP contribution in [0.1, 0.15) is 18.4 Å². The largest absolute Gasteiger partial charge is 0.370 e. The Kier molecular flexibility index (Phi) is 2.48. The molecular formula is C13H16N4. The topological polar surface area (TPSA) is 66.2 Å². The van der Waals surface area contributed by atoms with Crippen LogP contribution in [0.15, 0.2) is 35.5 Å². The minimum atomic E-state index is 0.552. The first-order valence-corrected chi connectivity index (χ1v) is 5.94. The van der Waals surface area contributed by atoms with Crippen LogP contribution >= 0.6 is 0 Å². The number of fused-ring (bicyclic) bond motifs is 1. The molecule has 1 aliphatic carbocycles. The van der Waals surface area contributed by atoms with Gasteiger partial charge in [-0.25, -0.2) is 4.99 Å². The summed E-state index contributed by atoms with van der Waals surface area (Å²) in [4.78, 5) is 7.60. The van der Waals surface area contributed by atoms with Crippen molar-refractivity contribution in [2.45, 2.75) is 25.4 Å². The predicted octanol–water partition coefficient (Wildman–Crippen LogP) is 1.73. The summed E-state index contributed by atoms with van der Waals surface area (Å²) < 4.78 is 0. The van der Waals surface area contributed by atoms with Crippen LogP contribution in [-0.4, -0.2) is 17.0 Å². The van der Waals surface area contributed by atoms with Crippen molar-refractivity contribution in [1.82, 2.24) is 10.3 Å². The van der Waals surface area contributed by atoms with Crippen molar-refractivity contribution >= 4 is 16.9 Å². The normalized spacial score (nSPS) is 16.4. The van der Waals surface area contributed by atoms with Gasteiger partial charge in [-0.1, -0.05) is 18.2 Å². The maximum Gasteiger partial charge on any atom is 0.189 e. The average molecular weight is 228 g/mol. The summed E-state index contributed by atoms with van der Waals surface area (Å²) in [7, 11) is 0. The molecule has 3 rings (SSSR count). The van der Waals surface area contributed by atoms with E-state index in [1.54, 1.807) is 0 Å². The first-order chi connectivity index (χ1) is 8.33. The fourth-order valence-corrected chi connectivity index (χ4v) is 1.93. The molecule has 1 aliphatic rings. The van der Waals surface area contributed by atoms with Gasteiger partial charge in [0, 0.05) is 12.2 Å². The maximum absolute atomic E-state index is 5.81. The molecule has 1 aromatic heterocycles. The van der Waals surface area contributed by atoms with Gasteiger partial charge in [0.05, 0.1) is 12.1 Å². The highest BCUT2D eigenvalue weighted by molar-refractivity contribution is 5.83. The predicted molar refractivity (Wildman–Crippen MR) is 69.8 cm³/mol. The second-order valence-corrected chi connectivity index (χ2v) is 4.48. The van der Waals surface area contributed by atoms with Crippen molar-refractivity contribution in [3.8, 4) is 0 Å². The minimum absolute atomic E-state index is 0.552. The molecule has 0 unspecified atom stereocenters. The number of aromatic nitrogens is 1. The summed E-state index contributed by atoms with van der Waals surface area (Å²) in [6.07, 6.45) is 4.37. The van der Waals surface area contributed by atoms with Crippen molar-refractivity contribution in [1.29, 1.82) is 0 Å². The summed E-state index contributed by atoms with van der Waals surface area (Å²) in [6, 6.07) is 8.83. The molecule has 0 amide bonds. The monoisotopic (exact) mass is 228 g/mol. The van der Waals surface area contributed by atoms with Crippen LogP contribution < -0.4 is 11.1 Å². The fraction of sp³-hybridized carbons (Fsp3) is 0.308. The lowest BCUT2D eigenvalue weighted by Gasteiger charge is -2.04. The van der Waals surface area contributed by atoms with E-state index in [1.807, 2.05) is 12.3 Å². The standard InChI is InChI=1S/C13H16N4/c14-13(17-11-4-5-11)16-8-10-3-1-2-9-6-7-15-12(9)10/h1-3,6-7,11,15H,4-5,8H2,(H3,14,16,17). The van der Waals surface area contributed by atoms with E-state index in [4.69, 9.17) is 5.73 Å². The van der Waals surface area contributed by atoms with E-state index in [2.05, 4.69) is 33.5 Å². The first kappa shape index (κ1) is 10.2. The molecule has 0 bridgehead atoms. The van der Waals surface area contributed by atoms with E-state index in [0.717, 1.165) is 5.52 Å². The molecule has 88 valence electrons. The Bertz CT molecular complexity index is 551. The van der Waals surface area contributed by atoms with Crippen LogP contribution in [0.25, 0.3) is 10.9 Å². The van der Waals surface area contributed by atoms with Gasteiger partial charge in [0.1, 0.15) is 0 Å². The van der Waals surface area contributed by atoms with E-state index in [-0.39, 0.29) is 0 Å². The zero-order valence-electron chi connectivity index (χ0n) is 9.61. The lowest BCUT2D eigenvalue weighted by Crippen LogP contribution is -2.33. The molecule has 1 aromatic carbocycles. The van der Waals surface area contributed by atoms with E-state index in [0.29, 0.717) is 18.5 Å². The van der Waals surface area contributed by atoms with E-state index < -0.39 is 0 Å². The van der Waals surface area contributed by atoms with Crippen LogP contribution in [0.2, 0.25) is 0 Å². The molecule has 4 heteroatoms. The summed E-state index contributed by atoms with van der Waals surface area (Å²) >= 11 is 0. The quantitative estimate of drug-likeness (QED) is 0.553. The van der Waals surface area contributed by atoms with Gasteiger partial charge < -0.3 is 16.0 Å². The van der Waals surface area contributed by atoms with Crippen LogP contribution in [0.3, 0.4) is 0 Å². The second-order valence-electron chi connectivity index (χ2n) is 4.48. The number of H-pyrrole nitrogens is 1. The van der Waals surface area contributed by atoms with Gasteiger partial charge >= 0.3 is 0 Å². The first-order valence-electron chi connectivity index (χ1n) is 5.94. The minimum Gasteiger partial charge on any atom is -0.370 e. The number of hydrogen-bond acceptors (Lipinski definition) is 1. The number of nitrogens with two attached hydrogens (primary N) is 1. The molecule has 17 heavy (non-hydrogen) atoms. The number of rotatable bonds is 3. The Labute approximate surface area is 99.9 Å². The van der Waals surface area contributed by atoms with Crippen molar-refractivity contribution < 1.29 is 0 Å². The molecule has 2 aromatic rings. The van der Waals surface area contributed by atoms with Gasteiger partial charge in [-0.3, -0.25) is 0 Å². The van der Waals surface area contributed by atoms with Crippen molar-refractivity contribution in [2.24, 2.45) is 10.7 Å². The third kappa shape index (κ3) is 2.25. The van der Waals surface area contributed by atoms with Gasteiger partial charge in [-0.2, -0.15) is 0 Å². The lowest BCUT2D eigenvalue weighted by atomic mass is 10.1. The summed E-state index contributed by atoms with van der Waals surface area (Å²) in [6.45, 7) is 0.614. The molecule has 1 heterocycles. The molecule has 4 nitrogen and oxygen atoms in total. The number of guanidine groups is 1. The molecular weight excluding hydrogens is 212 g/mol. The third-order valence-electron chi connectivity index (χ3n) is 3.02. The Hall–Kier alpha value is -1.97. The van der Waals surface area contributed by atoms with Gasteiger partial charge in [-0.15, -0.1) is 0 Å². The van der Waals surface area contributed by atoms with Crippen molar-refractivity contribution in [3.63, 3.8) is 0 Å². The zero-order valence-corrected chi connectivity index (χ0v) is 9.61. The van der Waals surface area contributed by atoms with Crippen LogP contribution in [0.4, 0.5) is 0 Å². The lowest BCUT2D eigenvalue weighted by molar-refractivity contribution is 0.879. The average Bonchev–Trinajstić information content (AvgIpc) is 3.00. The Morgan fingerprint density at radius 3 is 3.12 bits per heavy atom. The number of nitrogens with one attached hydrogen (secondary N) is 2. The molecule has 1 fully saturated rings. The van der Waals surface area contributed by atoms with Gasteiger partial charge in [0.15, 0.2) is 5.96 Å². The SMILES string of the molecule is NC(=NCc1cccc2cc[nH]c12)NC1CC1. The summed E-state index contributed by atoms with van der Waals surface area (Å²) in [5.41, 5.74) is 8.13. The molecule has 4 N–H and O–H groups in total. The van der Waals surface area contributed by atoms with Gasteiger partial charge in [0.2, 0.25) is 0 Å². The van der Waals surface area contributed by atoms with E-state index in [1.165, 1.54) is 23.8 Å². The molecule has 0 radical (unpaired) electrons. The zero-order chi connectivity index (χ0) is 11.7. The maximum atomic E-state index is 5.81. The number of aromatic amines is 1. The van der Waals surface area contributed by atoms with E-state index in [9.17, 15) is 0 Å². The number of benzene rings is 1. The highest BCUT2D eigenvalue weighted by Gasteiger charge is 2.21. The Morgan fingerprint density at radius 2 is 2.29 bits per heavy atom. The second kappa shape index (κ2) is 4.13. The van der Waals surface area contributed by atoms with Crippen molar-refractivity contribution in [3.05, 3.63) is 36.0 Å². The van der Waals surface area contributed by atoms with E-state index >= 15 is 0 Å². The van der Waals surface area contributed by atoms with Crippen LogP contribution in [0.5, 0.6) is 0 Å². The number of para-hydroxylation sites is 1. The molecule has 0 spiro atoms. The number of aliphatic imine (C=N–C) groups is 1. The van der Waals surface area contributed by atoms with Crippen molar-refractivity contribution in [2.75, 3.05) is 0 Å². The third-order valence-corrected chi connectivity index (χ3v) is 3.02. The smallest absolute Gasteiger partial charge is 0.189 e.